The predicted octanol–water partition coefficient (Wildman–Crippen LogP) is -2.38. The van der Waals surface area contributed by atoms with Crippen molar-refractivity contribution in [3.63, 3.8) is 0 Å². The van der Waals surface area contributed by atoms with E-state index in [2.05, 4.69) is 31.1 Å². The zero-order chi connectivity index (χ0) is 41.6. The molecule has 2 rings (SSSR count). The molecule has 4 atom stereocenters. The number of rotatable bonds is 30. The van der Waals surface area contributed by atoms with Crippen LogP contribution in [0.4, 0.5) is 4.79 Å². The van der Waals surface area contributed by atoms with E-state index in [9.17, 15) is 42.8 Å². The van der Waals surface area contributed by atoms with Gasteiger partial charge in [0.15, 0.2) is 0 Å². The Hall–Kier alpha value is -2.68. The summed E-state index contributed by atoms with van der Waals surface area (Å²) in [6.07, 6.45) is 5.95. The lowest BCUT2D eigenvalue weighted by molar-refractivity contribution is -0.135. The third-order valence-electron chi connectivity index (χ3n) is 8.71. The number of carbonyl (C=O) groups is 6. The zero-order valence-corrected chi connectivity index (χ0v) is 34.7. The molecule has 2 aliphatic heterocycles. The molecule has 7 amide bonds. The minimum Gasteiger partial charge on any atom is -0.356 e. The summed E-state index contributed by atoms with van der Waals surface area (Å²) >= 11 is 1.86. The summed E-state index contributed by atoms with van der Waals surface area (Å²) < 4.78 is 37.3. The lowest BCUT2D eigenvalue weighted by Gasteiger charge is -2.24. The van der Waals surface area contributed by atoms with Crippen LogP contribution in [0.25, 0.3) is 0 Å². The first-order valence-electron chi connectivity index (χ1n) is 18.9. The molecule has 2 heterocycles. The molecule has 0 aromatic rings. The van der Waals surface area contributed by atoms with Gasteiger partial charge in [0, 0.05) is 50.1 Å². The molecule has 0 bridgehead atoms. The predicted molar refractivity (Wildman–Crippen MR) is 211 cm³/mol. The molecule has 8 N–H and O–H groups in total. The zero-order valence-electron chi connectivity index (χ0n) is 32.1. The molecule has 2 saturated heterocycles. The van der Waals surface area contributed by atoms with Gasteiger partial charge in [0.05, 0.1) is 45.0 Å². The van der Waals surface area contributed by atoms with Crippen LogP contribution in [0.15, 0.2) is 0 Å². The van der Waals surface area contributed by atoms with Gasteiger partial charge in [-0.1, -0.05) is 19.3 Å². The number of hydrogen-bond donors (Lipinski definition) is 8. The second-order valence-electron chi connectivity index (χ2n) is 13.1. The van der Waals surface area contributed by atoms with E-state index in [0.717, 1.165) is 42.8 Å². The minimum atomic E-state index is -4.68. The molecule has 0 aromatic heterocycles. The van der Waals surface area contributed by atoms with Gasteiger partial charge in [-0.05, 0) is 38.3 Å². The maximum absolute atomic E-state index is 12.6. The van der Waals surface area contributed by atoms with Gasteiger partial charge in [0.2, 0.25) is 29.5 Å². The first kappa shape index (κ1) is 49.5. The number of phosphoric ester groups is 2. The highest BCUT2D eigenvalue weighted by Gasteiger charge is 2.42. The highest BCUT2D eigenvalue weighted by Crippen LogP contribution is 2.43. The number of thioether (sulfide) groups is 1. The summed E-state index contributed by atoms with van der Waals surface area (Å²) in [5, 5.41) is 14.1. The van der Waals surface area contributed by atoms with Gasteiger partial charge in [-0.15, -0.1) is 0 Å². The van der Waals surface area contributed by atoms with Crippen LogP contribution in [0.5, 0.6) is 0 Å². The minimum absolute atomic E-state index is 0.000509. The van der Waals surface area contributed by atoms with Gasteiger partial charge in [0.1, 0.15) is 15.7 Å². The second-order valence-corrected chi connectivity index (χ2v) is 17.1. The number of urea groups is 1. The van der Waals surface area contributed by atoms with Crippen LogP contribution in [0.3, 0.4) is 0 Å². The molecular formula is C30H57B2N7O14P2S. The lowest BCUT2D eigenvalue weighted by atomic mass is 10.0. The normalized spacial score (nSPS) is 18.6. The molecule has 0 saturated carbocycles. The Morgan fingerprint density at radius 2 is 1.34 bits per heavy atom. The summed E-state index contributed by atoms with van der Waals surface area (Å²) in [4.78, 5) is 103. The number of phosphoric acid groups is 2. The van der Waals surface area contributed by atoms with Crippen molar-refractivity contribution in [1.29, 1.82) is 0 Å². The third kappa shape index (κ3) is 21.2. The second kappa shape index (κ2) is 26.3. The summed E-state index contributed by atoms with van der Waals surface area (Å²) in [5.74, 6) is -1.06. The maximum Gasteiger partial charge on any atom is 0.472 e. The number of carbonyl (C=O) groups excluding carboxylic acids is 6. The number of fused-ring (bicyclic) bond motifs is 1. The fraction of sp³-hybridized carbons (Fsp3) is 0.800. The Kier molecular flexibility index (Phi) is 23.3. The van der Waals surface area contributed by atoms with Gasteiger partial charge in [-0.2, -0.15) is 11.8 Å². The Balaban J connectivity index is 1.55. The average Bonchev–Trinajstić information content (AvgIpc) is 3.69. The molecule has 0 aliphatic carbocycles. The van der Waals surface area contributed by atoms with E-state index >= 15 is 0 Å². The van der Waals surface area contributed by atoms with Crippen molar-refractivity contribution < 1.29 is 66.1 Å². The van der Waals surface area contributed by atoms with Crippen molar-refractivity contribution in [1.82, 2.24) is 36.4 Å². The molecule has 21 nitrogen and oxygen atoms in total. The Morgan fingerprint density at radius 3 is 2.00 bits per heavy atom. The van der Waals surface area contributed by atoms with Crippen LogP contribution >= 0.6 is 27.4 Å². The van der Waals surface area contributed by atoms with Gasteiger partial charge in [0.25, 0.3) is 0 Å². The van der Waals surface area contributed by atoms with Crippen LogP contribution in [0.1, 0.15) is 51.4 Å². The third-order valence-corrected chi connectivity index (χ3v) is 11.8. The molecule has 56 heavy (non-hydrogen) atoms. The fourth-order valence-corrected chi connectivity index (χ4v) is 8.45. The van der Waals surface area contributed by atoms with E-state index in [1.807, 2.05) is 11.8 Å². The Labute approximate surface area is 333 Å². The first-order chi connectivity index (χ1) is 26.5. The van der Waals surface area contributed by atoms with E-state index in [0.29, 0.717) is 31.1 Å². The Bertz CT molecular complexity index is 1400. The fourth-order valence-electron chi connectivity index (χ4n) is 5.83. The van der Waals surface area contributed by atoms with Gasteiger partial charge >= 0.3 is 21.7 Å². The lowest BCUT2D eigenvalue weighted by Crippen LogP contribution is -2.46. The molecule has 0 aromatic carbocycles. The van der Waals surface area contributed by atoms with Crippen LogP contribution in [0.2, 0.25) is 12.6 Å². The Morgan fingerprint density at radius 1 is 0.732 bits per heavy atom. The monoisotopic (exact) mass is 855 g/mol. The van der Waals surface area contributed by atoms with E-state index in [1.54, 1.807) is 15.7 Å². The van der Waals surface area contributed by atoms with Crippen LogP contribution in [0, 0.1) is 0 Å². The smallest absolute Gasteiger partial charge is 0.356 e. The quantitative estimate of drug-likeness (QED) is 0.0162. The number of unbranched alkanes of at least 4 members (excludes halogenated alkanes) is 4. The highest BCUT2D eigenvalue weighted by molar-refractivity contribution is 8.00. The van der Waals surface area contributed by atoms with Crippen molar-refractivity contribution in [3.05, 3.63) is 0 Å². The van der Waals surface area contributed by atoms with Gasteiger partial charge < -0.3 is 51.1 Å². The SMILES string of the molecule is BCC(=O)N(CCNC(=O)CN(CCOP(=O)(O)OCCCCCCNC(=O)CCCCC1SCC2NC(=O)NC21)C(=O)CB)CC(=O)NCCOP(=O)(O)O. The van der Waals surface area contributed by atoms with Crippen molar-refractivity contribution in [3.8, 4) is 0 Å². The summed E-state index contributed by atoms with van der Waals surface area (Å²) in [5.41, 5.74) is 0. The molecule has 2 fully saturated rings. The molecule has 318 valence electrons. The van der Waals surface area contributed by atoms with Crippen molar-refractivity contribution >= 4 is 78.7 Å². The number of hydrogen-bond acceptors (Lipinski definition) is 12. The van der Waals surface area contributed by atoms with Gasteiger partial charge in [-0.3, -0.25) is 37.5 Å². The highest BCUT2D eigenvalue weighted by atomic mass is 32.2. The first-order valence-corrected chi connectivity index (χ1v) is 23.0. The number of amides is 7. The molecule has 26 heteroatoms. The number of nitrogens with zero attached hydrogens (tertiary/aromatic N) is 2. The van der Waals surface area contributed by atoms with E-state index in [1.165, 1.54) is 4.90 Å². The van der Waals surface area contributed by atoms with Gasteiger partial charge in [-0.25, -0.2) is 13.9 Å². The molecule has 2 aliphatic rings. The van der Waals surface area contributed by atoms with Crippen LogP contribution in [-0.4, -0.2) is 164 Å². The largest absolute Gasteiger partial charge is 0.472 e. The number of nitrogens with one attached hydrogen (secondary N) is 5. The van der Waals surface area contributed by atoms with Crippen molar-refractivity contribution in [2.45, 2.75) is 81.3 Å². The molecule has 0 spiro atoms. The average molecular weight is 855 g/mol. The topological polar surface area (TPSA) is 292 Å². The van der Waals surface area contributed by atoms with E-state index in [-0.39, 0.29) is 88.5 Å². The molecule has 4 unspecified atom stereocenters. The van der Waals surface area contributed by atoms with Crippen molar-refractivity contribution in [2.75, 3.05) is 71.4 Å². The van der Waals surface area contributed by atoms with Crippen molar-refractivity contribution in [2.24, 2.45) is 0 Å². The summed E-state index contributed by atoms with van der Waals surface area (Å²) in [6, 6.07) is 0.265. The standard InChI is InChI=1S/C30H57B2N7O14P2S/c31-17-27(43)38(19-26(42)35-11-15-51-54(46,47)48)12-10-34-25(41)20-39(28(44)18-32)13-16-53-55(49,50)52-14-6-2-1-5-9-33-24(40)8-4-3-7-23-29-22(21-56-23)36-30(45)37-29/h22-23,29H,1-21,31-32H2,(H,33,40)(H,34,41)(H,35,42)(H,49,50)(H2,36,37,45)(H2,46,47,48). The van der Waals surface area contributed by atoms with E-state index < -0.39 is 46.5 Å². The molecule has 0 radical (unpaired) electrons. The molecular weight excluding hydrogens is 798 g/mol. The summed E-state index contributed by atoms with van der Waals surface area (Å²) in [6.45, 7) is -1.56. The van der Waals surface area contributed by atoms with Crippen LogP contribution < -0.4 is 26.6 Å². The van der Waals surface area contributed by atoms with Crippen LogP contribution in [-0.2, 0) is 46.7 Å². The maximum atomic E-state index is 12.6. The summed E-state index contributed by atoms with van der Waals surface area (Å²) in [7, 11) is -5.93. The van der Waals surface area contributed by atoms with E-state index in [4.69, 9.17) is 18.8 Å².